The van der Waals surface area contributed by atoms with Gasteiger partial charge in [0.25, 0.3) is 0 Å². The van der Waals surface area contributed by atoms with Crippen molar-refractivity contribution in [2.24, 2.45) is 0 Å². The van der Waals surface area contributed by atoms with E-state index in [0.717, 1.165) is 0 Å². The second-order valence-electron chi connectivity index (χ2n) is 6.53. The summed E-state index contributed by atoms with van der Waals surface area (Å²) in [6.07, 6.45) is -0.294. The fourth-order valence-corrected chi connectivity index (χ4v) is 3.47. The van der Waals surface area contributed by atoms with E-state index >= 15 is 0 Å². The number of rotatable bonds is 6. The highest BCUT2D eigenvalue weighted by Crippen LogP contribution is 2.37. The SMILES string of the molecule is COc1ccccc1-c1c(F)c(F)c(CC(=O)C2=C(C(=O)O)CCC2)c(F)c1F. The van der Waals surface area contributed by atoms with Gasteiger partial charge in [-0.1, -0.05) is 18.2 Å². The Balaban J connectivity index is 2.08. The van der Waals surface area contributed by atoms with Gasteiger partial charge >= 0.3 is 5.97 Å². The van der Waals surface area contributed by atoms with E-state index < -0.39 is 52.6 Å². The van der Waals surface area contributed by atoms with Crippen LogP contribution in [0.3, 0.4) is 0 Å². The van der Waals surface area contributed by atoms with Crippen LogP contribution in [0.15, 0.2) is 35.4 Å². The van der Waals surface area contributed by atoms with Crippen molar-refractivity contribution < 1.29 is 37.0 Å². The van der Waals surface area contributed by atoms with Gasteiger partial charge in [-0.25, -0.2) is 22.4 Å². The number of ether oxygens (including phenoxy) is 1. The molecule has 3 rings (SSSR count). The van der Waals surface area contributed by atoms with Crippen molar-refractivity contribution in [1.82, 2.24) is 0 Å². The van der Waals surface area contributed by atoms with E-state index in [9.17, 15) is 27.2 Å². The van der Waals surface area contributed by atoms with Crippen LogP contribution in [-0.2, 0) is 16.0 Å². The minimum absolute atomic E-state index is 0.00939. The number of benzene rings is 2. The number of halogens is 4. The van der Waals surface area contributed by atoms with Crippen molar-refractivity contribution in [2.45, 2.75) is 25.7 Å². The van der Waals surface area contributed by atoms with Crippen LogP contribution >= 0.6 is 0 Å². The van der Waals surface area contributed by atoms with E-state index in [1.54, 1.807) is 0 Å². The van der Waals surface area contributed by atoms with Gasteiger partial charge in [-0.2, -0.15) is 0 Å². The molecule has 1 N–H and O–H groups in total. The summed E-state index contributed by atoms with van der Waals surface area (Å²) in [6, 6.07) is 5.56. The molecule has 29 heavy (non-hydrogen) atoms. The van der Waals surface area contributed by atoms with Crippen LogP contribution in [0.25, 0.3) is 11.1 Å². The Morgan fingerprint density at radius 3 is 2.14 bits per heavy atom. The largest absolute Gasteiger partial charge is 0.496 e. The van der Waals surface area contributed by atoms with E-state index in [4.69, 9.17) is 9.84 Å². The molecule has 1 aliphatic carbocycles. The number of allylic oxidation sites excluding steroid dienone is 1. The molecule has 0 fully saturated rings. The molecule has 0 amide bonds. The predicted octanol–water partition coefficient (Wildman–Crippen LogP) is 4.60. The molecule has 0 bridgehead atoms. The molecule has 0 heterocycles. The zero-order chi connectivity index (χ0) is 21.3. The van der Waals surface area contributed by atoms with Gasteiger partial charge in [-0.15, -0.1) is 0 Å². The number of para-hydroxylation sites is 1. The molecule has 0 unspecified atom stereocenters. The molecular weight excluding hydrogens is 392 g/mol. The average molecular weight is 408 g/mol. The summed E-state index contributed by atoms with van der Waals surface area (Å²) in [5.74, 6) is -8.88. The lowest BCUT2D eigenvalue weighted by atomic mass is 9.95. The Hall–Kier alpha value is -3.16. The molecular formula is C21H16F4O4. The summed E-state index contributed by atoms with van der Waals surface area (Å²) in [7, 11) is 1.24. The lowest BCUT2D eigenvalue weighted by Crippen LogP contribution is -2.15. The Morgan fingerprint density at radius 2 is 1.55 bits per heavy atom. The standard InChI is InChI=1S/C21H16F4O4/c1-29-15-8-3-2-5-12(15)16-19(24)17(22)13(18(23)20(16)25)9-14(26)10-6-4-7-11(10)21(27)28/h2-3,5,8H,4,6-7,9H2,1H3,(H,27,28). The van der Waals surface area contributed by atoms with E-state index in [-0.39, 0.29) is 35.3 Å². The smallest absolute Gasteiger partial charge is 0.331 e. The lowest BCUT2D eigenvalue weighted by Gasteiger charge is -2.14. The maximum atomic E-state index is 14.7. The van der Waals surface area contributed by atoms with E-state index in [0.29, 0.717) is 6.42 Å². The van der Waals surface area contributed by atoms with Crippen LogP contribution in [0, 0.1) is 23.3 Å². The van der Waals surface area contributed by atoms with Crippen molar-refractivity contribution in [3.05, 3.63) is 64.2 Å². The predicted molar refractivity (Wildman–Crippen MR) is 95.5 cm³/mol. The number of ketones is 1. The third-order valence-electron chi connectivity index (χ3n) is 4.88. The topological polar surface area (TPSA) is 63.6 Å². The summed E-state index contributed by atoms with van der Waals surface area (Å²) in [5, 5.41) is 9.12. The second-order valence-corrected chi connectivity index (χ2v) is 6.53. The van der Waals surface area contributed by atoms with Gasteiger partial charge in [-0.05, 0) is 25.3 Å². The van der Waals surface area contributed by atoms with Crippen LogP contribution in [0.1, 0.15) is 24.8 Å². The molecule has 2 aromatic carbocycles. The van der Waals surface area contributed by atoms with Gasteiger partial charge in [0.05, 0.1) is 12.7 Å². The zero-order valence-electron chi connectivity index (χ0n) is 15.3. The molecule has 0 radical (unpaired) electrons. The Bertz CT molecular complexity index is 1010. The number of carbonyl (C=O) groups is 2. The fraction of sp³-hybridized carbons (Fsp3) is 0.238. The fourth-order valence-electron chi connectivity index (χ4n) is 3.47. The van der Waals surface area contributed by atoms with Crippen LogP contribution in [0.2, 0.25) is 0 Å². The number of carboxylic acids is 1. The van der Waals surface area contributed by atoms with E-state index in [1.165, 1.54) is 31.4 Å². The highest BCUT2D eigenvalue weighted by Gasteiger charge is 2.31. The summed E-state index contributed by atoms with van der Waals surface area (Å²) in [4.78, 5) is 23.6. The number of carboxylic acid groups (broad SMARTS) is 1. The number of carbonyl (C=O) groups excluding carboxylic acids is 1. The molecule has 1 aliphatic rings. The van der Waals surface area contributed by atoms with Gasteiger partial charge in [0.2, 0.25) is 0 Å². The molecule has 0 saturated carbocycles. The summed E-state index contributed by atoms with van der Waals surface area (Å²) >= 11 is 0. The molecule has 152 valence electrons. The minimum Gasteiger partial charge on any atom is -0.496 e. The van der Waals surface area contributed by atoms with Crippen molar-refractivity contribution in [1.29, 1.82) is 0 Å². The van der Waals surface area contributed by atoms with Crippen molar-refractivity contribution in [3.63, 3.8) is 0 Å². The molecule has 2 aromatic rings. The Kier molecular flexibility index (Phi) is 5.72. The first-order valence-electron chi connectivity index (χ1n) is 8.74. The van der Waals surface area contributed by atoms with E-state index in [1.807, 2.05) is 0 Å². The van der Waals surface area contributed by atoms with Gasteiger partial charge in [-0.3, -0.25) is 4.79 Å². The number of hydrogen-bond acceptors (Lipinski definition) is 3. The number of methoxy groups -OCH3 is 1. The molecule has 0 aromatic heterocycles. The molecule has 0 atom stereocenters. The normalized spacial score (nSPS) is 13.7. The van der Waals surface area contributed by atoms with E-state index in [2.05, 4.69) is 0 Å². The maximum absolute atomic E-state index is 14.7. The Morgan fingerprint density at radius 1 is 0.966 bits per heavy atom. The first-order chi connectivity index (χ1) is 13.8. The number of Topliss-reactive ketones (excluding diaryl/α,β-unsaturated/α-hetero) is 1. The van der Waals surface area contributed by atoms with Gasteiger partial charge in [0.15, 0.2) is 29.1 Å². The first-order valence-corrected chi connectivity index (χ1v) is 8.74. The number of hydrogen-bond donors (Lipinski definition) is 1. The van der Waals surface area contributed by atoms with Gasteiger partial charge < -0.3 is 9.84 Å². The molecule has 8 heteroatoms. The zero-order valence-corrected chi connectivity index (χ0v) is 15.3. The lowest BCUT2D eigenvalue weighted by molar-refractivity contribution is -0.133. The average Bonchev–Trinajstić information content (AvgIpc) is 3.20. The molecule has 0 aliphatic heterocycles. The van der Waals surface area contributed by atoms with Crippen LogP contribution in [-0.4, -0.2) is 24.0 Å². The highest BCUT2D eigenvalue weighted by molar-refractivity contribution is 6.04. The van der Waals surface area contributed by atoms with Crippen molar-refractivity contribution in [2.75, 3.05) is 7.11 Å². The quantitative estimate of drug-likeness (QED) is 0.561. The first kappa shape index (κ1) is 20.6. The van der Waals surface area contributed by atoms with Crippen LogP contribution < -0.4 is 4.74 Å². The molecule has 0 spiro atoms. The monoisotopic (exact) mass is 408 g/mol. The van der Waals surface area contributed by atoms with Crippen molar-refractivity contribution in [3.8, 4) is 16.9 Å². The third kappa shape index (κ3) is 3.62. The third-order valence-corrected chi connectivity index (χ3v) is 4.88. The van der Waals surface area contributed by atoms with Crippen molar-refractivity contribution >= 4 is 11.8 Å². The Labute approximate surface area is 163 Å². The second kappa shape index (κ2) is 8.06. The maximum Gasteiger partial charge on any atom is 0.331 e. The summed E-state index contributed by atoms with van der Waals surface area (Å²) in [6.45, 7) is 0. The molecule has 4 nitrogen and oxygen atoms in total. The van der Waals surface area contributed by atoms with Gasteiger partial charge in [0, 0.05) is 28.7 Å². The number of aliphatic carboxylic acids is 1. The highest BCUT2D eigenvalue weighted by atomic mass is 19.2. The van der Waals surface area contributed by atoms with Gasteiger partial charge in [0.1, 0.15) is 5.75 Å². The van der Waals surface area contributed by atoms with Crippen LogP contribution in [0.5, 0.6) is 5.75 Å². The minimum atomic E-state index is -1.70. The van der Waals surface area contributed by atoms with Crippen LogP contribution in [0.4, 0.5) is 17.6 Å². The summed E-state index contributed by atoms with van der Waals surface area (Å²) in [5.41, 5.74) is -2.42. The molecule has 0 saturated heterocycles. The summed E-state index contributed by atoms with van der Waals surface area (Å²) < 4.78 is 63.6.